The van der Waals surface area contributed by atoms with Crippen LogP contribution in [-0.4, -0.2) is 5.91 Å². The number of hydrogen-bond acceptors (Lipinski definition) is 4. The van der Waals surface area contributed by atoms with Crippen molar-refractivity contribution in [2.75, 3.05) is 0 Å². The van der Waals surface area contributed by atoms with Crippen LogP contribution in [0.4, 0.5) is 4.39 Å². The van der Waals surface area contributed by atoms with Gasteiger partial charge in [0.2, 0.25) is 5.43 Å². The van der Waals surface area contributed by atoms with Crippen LogP contribution in [-0.2, 0) is 6.54 Å². The number of para-hydroxylation sites is 1. The monoisotopic (exact) mass is 337 g/mol. The first-order chi connectivity index (χ1) is 12.1. The fraction of sp³-hybridized carbons (Fsp3) is 0.0526. The molecule has 0 fully saturated rings. The largest absolute Gasteiger partial charge is 0.425 e. The SMILES string of the molecule is O=C(NCc1cccc(F)c1)c1cc2c(=O)c3ccccc3oc2o1. The van der Waals surface area contributed by atoms with Gasteiger partial charge in [0.05, 0.1) is 5.39 Å². The summed E-state index contributed by atoms with van der Waals surface area (Å²) in [5.41, 5.74) is 0.746. The molecule has 0 aliphatic heterocycles. The van der Waals surface area contributed by atoms with E-state index in [2.05, 4.69) is 5.32 Å². The van der Waals surface area contributed by atoms with E-state index in [9.17, 15) is 14.0 Å². The predicted octanol–water partition coefficient (Wildman–Crippen LogP) is 3.61. The number of nitrogens with one attached hydrogen (secondary N) is 1. The highest BCUT2D eigenvalue weighted by Crippen LogP contribution is 2.21. The Morgan fingerprint density at radius 2 is 1.84 bits per heavy atom. The van der Waals surface area contributed by atoms with Crippen LogP contribution in [0.5, 0.6) is 0 Å². The van der Waals surface area contributed by atoms with E-state index in [1.807, 2.05) is 0 Å². The number of hydrogen-bond donors (Lipinski definition) is 1. The maximum absolute atomic E-state index is 13.2. The Hall–Kier alpha value is -3.41. The minimum Gasteiger partial charge on any atom is -0.425 e. The molecule has 2 aromatic carbocycles. The van der Waals surface area contributed by atoms with Crippen molar-refractivity contribution >= 4 is 28.0 Å². The van der Waals surface area contributed by atoms with Gasteiger partial charge in [-0.2, -0.15) is 0 Å². The van der Waals surface area contributed by atoms with E-state index in [0.717, 1.165) is 0 Å². The molecule has 0 radical (unpaired) electrons. The van der Waals surface area contributed by atoms with E-state index in [1.165, 1.54) is 18.2 Å². The van der Waals surface area contributed by atoms with E-state index >= 15 is 0 Å². The molecule has 1 amide bonds. The number of carbonyl (C=O) groups is 1. The van der Waals surface area contributed by atoms with Crippen molar-refractivity contribution in [1.29, 1.82) is 0 Å². The topological polar surface area (TPSA) is 72.5 Å². The zero-order valence-electron chi connectivity index (χ0n) is 12.9. The van der Waals surface area contributed by atoms with Crippen molar-refractivity contribution in [2.24, 2.45) is 0 Å². The second kappa shape index (κ2) is 5.90. The Balaban J connectivity index is 1.65. The van der Waals surface area contributed by atoms with Gasteiger partial charge in [-0.05, 0) is 29.8 Å². The van der Waals surface area contributed by atoms with Crippen LogP contribution in [0.2, 0.25) is 0 Å². The lowest BCUT2D eigenvalue weighted by molar-refractivity contribution is 0.0923. The van der Waals surface area contributed by atoms with Crippen LogP contribution in [0.15, 0.2) is 68.2 Å². The van der Waals surface area contributed by atoms with Gasteiger partial charge >= 0.3 is 5.78 Å². The van der Waals surface area contributed by atoms with E-state index in [4.69, 9.17) is 8.83 Å². The molecule has 0 bridgehead atoms. The summed E-state index contributed by atoms with van der Waals surface area (Å²) < 4.78 is 24.1. The molecule has 4 rings (SSSR count). The average molecular weight is 337 g/mol. The molecule has 124 valence electrons. The lowest BCUT2D eigenvalue weighted by atomic mass is 10.2. The van der Waals surface area contributed by atoms with Gasteiger partial charge in [-0.25, -0.2) is 4.39 Å². The van der Waals surface area contributed by atoms with Crippen molar-refractivity contribution in [1.82, 2.24) is 5.32 Å². The van der Waals surface area contributed by atoms with Crippen LogP contribution in [0.25, 0.3) is 22.1 Å². The number of amides is 1. The Kier molecular flexibility index (Phi) is 3.57. The number of halogens is 1. The summed E-state index contributed by atoms with van der Waals surface area (Å²) in [6, 6.07) is 14.0. The summed E-state index contributed by atoms with van der Waals surface area (Å²) in [6.07, 6.45) is 0. The van der Waals surface area contributed by atoms with Crippen LogP contribution in [0.3, 0.4) is 0 Å². The maximum atomic E-state index is 13.2. The van der Waals surface area contributed by atoms with Gasteiger partial charge < -0.3 is 14.2 Å². The minimum absolute atomic E-state index is 0.000365. The first kappa shape index (κ1) is 15.1. The van der Waals surface area contributed by atoms with Crippen molar-refractivity contribution in [2.45, 2.75) is 6.54 Å². The van der Waals surface area contributed by atoms with Gasteiger partial charge in [0.25, 0.3) is 5.91 Å². The molecule has 0 aliphatic rings. The van der Waals surface area contributed by atoms with Crippen LogP contribution < -0.4 is 10.7 Å². The molecule has 0 saturated carbocycles. The zero-order valence-corrected chi connectivity index (χ0v) is 12.9. The molecule has 6 heteroatoms. The normalized spacial score (nSPS) is 11.1. The molecule has 0 saturated heterocycles. The summed E-state index contributed by atoms with van der Waals surface area (Å²) in [5, 5.41) is 3.24. The quantitative estimate of drug-likeness (QED) is 0.620. The third kappa shape index (κ3) is 2.78. The smallest absolute Gasteiger partial charge is 0.302 e. The van der Waals surface area contributed by atoms with Gasteiger partial charge in [0, 0.05) is 12.6 Å². The van der Waals surface area contributed by atoms with Gasteiger partial charge in [-0.3, -0.25) is 9.59 Å². The Labute approximate surface area is 140 Å². The third-order valence-electron chi connectivity index (χ3n) is 3.84. The van der Waals surface area contributed by atoms with Crippen molar-refractivity contribution < 1.29 is 18.0 Å². The standard InChI is InChI=1S/C19H12FNO4/c20-12-5-3-4-11(8-12)10-21-18(23)16-9-14-17(22)13-6-1-2-7-15(13)24-19(14)25-16/h1-9H,10H2,(H,21,23). The molecule has 0 aliphatic carbocycles. The Morgan fingerprint density at radius 1 is 1.00 bits per heavy atom. The Morgan fingerprint density at radius 3 is 2.68 bits per heavy atom. The number of carbonyl (C=O) groups excluding carboxylic acids is 1. The first-order valence-corrected chi connectivity index (χ1v) is 7.60. The number of rotatable bonds is 3. The van der Waals surface area contributed by atoms with Gasteiger partial charge in [-0.15, -0.1) is 0 Å². The molecule has 25 heavy (non-hydrogen) atoms. The van der Waals surface area contributed by atoms with Crippen LogP contribution in [0.1, 0.15) is 16.1 Å². The first-order valence-electron chi connectivity index (χ1n) is 7.60. The molecule has 2 aromatic heterocycles. The second-order valence-corrected chi connectivity index (χ2v) is 5.55. The lowest BCUT2D eigenvalue weighted by Gasteiger charge is -2.03. The number of benzene rings is 2. The van der Waals surface area contributed by atoms with Crippen LogP contribution >= 0.6 is 0 Å². The highest BCUT2D eigenvalue weighted by atomic mass is 19.1. The summed E-state index contributed by atoms with van der Waals surface area (Å²) >= 11 is 0. The highest BCUT2D eigenvalue weighted by molar-refractivity contribution is 5.97. The van der Waals surface area contributed by atoms with E-state index < -0.39 is 5.91 Å². The van der Waals surface area contributed by atoms with Gasteiger partial charge in [0.15, 0.2) is 5.76 Å². The molecule has 4 aromatic rings. The summed E-state index contributed by atoms with van der Waals surface area (Å²) in [6.45, 7) is 0.136. The zero-order chi connectivity index (χ0) is 17.4. The highest BCUT2D eigenvalue weighted by Gasteiger charge is 2.17. The molecule has 2 heterocycles. The molecular weight excluding hydrogens is 325 g/mol. The van der Waals surface area contributed by atoms with E-state index in [1.54, 1.807) is 36.4 Å². The summed E-state index contributed by atoms with van der Waals surface area (Å²) in [7, 11) is 0. The molecule has 1 N–H and O–H groups in total. The maximum Gasteiger partial charge on any atom is 0.302 e. The third-order valence-corrected chi connectivity index (χ3v) is 3.84. The molecule has 5 nitrogen and oxygen atoms in total. The fourth-order valence-corrected chi connectivity index (χ4v) is 2.62. The van der Waals surface area contributed by atoms with Gasteiger partial charge in [-0.1, -0.05) is 24.3 Å². The van der Waals surface area contributed by atoms with Crippen molar-refractivity contribution in [3.8, 4) is 0 Å². The minimum atomic E-state index is -0.515. The van der Waals surface area contributed by atoms with Crippen molar-refractivity contribution in [3.63, 3.8) is 0 Å². The van der Waals surface area contributed by atoms with E-state index in [-0.39, 0.29) is 34.7 Å². The molecule has 0 atom stereocenters. The van der Waals surface area contributed by atoms with Crippen LogP contribution in [0, 0.1) is 5.82 Å². The average Bonchev–Trinajstić information content (AvgIpc) is 3.04. The molecular formula is C19H12FNO4. The fourth-order valence-electron chi connectivity index (χ4n) is 2.62. The van der Waals surface area contributed by atoms with E-state index in [0.29, 0.717) is 16.5 Å². The predicted molar refractivity (Wildman–Crippen MR) is 89.8 cm³/mol. The lowest BCUT2D eigenvalue weighted by Crippen LogP contribution is -2.22. The summed E-state index contributed by atoms with van der Waals surface area (Å²) in [5.74, 6) is -0.932. The number of fused-ring (bicyclic) bond motifs is 2. The van der Waals surface area contributed by atoms with Gasteiger partial charge in [0.1, 0.15) is 16.8 Å². The molecule has 0 unspecified atom stereocenters. The Bertz CT molecular complexity index is 1160. The number of furan rings is 1. The second-order valence-electron chi connectivity index (χ2n) is 5.55. The molecule has 0 spiro atoms. The summed E-state index contributed by atoms with van der Waals surface area (Å²) in [4.78, 5) is 24.7. The van der Waals surface area contributed by atoms with Crippen molar-refractivity contribution in [3.05, 3.63) is 82.0 Å².